The van der Waals surface area contributed by atoms with Crippen LogP contribution in [0.15, 0.2) is 24.5 Å². The third kappa shape index (κ3) is 1.80. The SMILES string of the molecule is CNC(Cc1ccn2nccc2n1)C1CC1. The third-order valence-corrected chi connectivity index (χ3v) is 3.31. The van der Waals surface area contributed by atoms with E-state index in [1.807, 2.05) is 19.3 Å². The van der Waals surface area contributed by atoms with E-state index in [1.165, 1.54) is 12.8 Å². The summed E-state index contributed by atoms with van der Waals surface area (Å²) in [5.74, 6) is 0.855. The van der Waals surface area contributed by atoms with Gasteiger partial charge in [-0.15, -0.1) is 0 Å². The highest BCUT2D eigenvalue weighted by Crippen LogP contribution is 2.33. The number of aromatic nitrogens is 3. The zero-order valence-corrected chi connectivity index (χ0v) is 9.43. The summed E-state index contributed by atoms with van der Waals surface area (Å²) in [5, 5.41) is 7.54. The van der Waals surface area contributed by atoms with E-state index in [2.05, 4.69) is 21.5 Å². The van der Waals surface area contributed by atoms with Gasteiger partial charge in [-0.25, -0.2) is 9.50 Å². The van der Waals surface area contributed by atoms with Crippen molar-refractivity contribution in [2.24, 2.45) is 5.92 Å². The van der Waals surface area contributed by atoms with E-state index in [4.69, 9.17) is 0 Å². The molecule has 1 aliphatic rings. The van der Waals surface area contributed by atoms with Crippen LogP contribution in [0.3, 0.4) is 0 Å². The van der Waals surface area contributed by atoms with Gasteiger partial charge < -0.3 is 5.32 Å². The molecule has 0 amide bonds. The highest BCUT2D eigenvalue weighted by molar-refractivity contribution is 5.36. The zero-order chi connectivity index (χ0) is 11.0. The minimum absolute atomic E-state index is 0.581. The highest BCUT2D eigenvalue weighted by Gasteiger charge is 2.30. The van der Waals surface area contributed by atoms with E-state index in [-0.39, 0.29) is 0 Å². The molecule has 4 nitrogen and oxygen atoms in total. The molecule has 0 radical (unpaired) electrons. The van der Waals surface area contributed by atoms with Gasteiger partial charge in [0.25, 0.3) is 0 Å². The summed E-state index contributed by atoms with van der Waals surface area (Å²) >= 11 is 0. The Labute approximate surface area is 94.7 Å². The zero-order valence-electron chi connectivity index (χ0n) is 9.43. The molecule has 0 saturated heterocycles. The van der Waals surface area contributed by atoms with Crippen LogP contribution in [-0.2, 0) is 6.42 Å². The Morgan fingerprint density at radius 2 is 2.38 bits per heavy atom. The lowest BCUT2D eigenvalue weighted by atomic mass is 10.1. The van der Waals surface area contributed by atoms with Crippen molar-refractivity contribution in [3.63, 3.8) is 0 Å². The first-order chi connectivity index (χ1) is 7.86. The van der Waals surface area contributed by atoms with E-state index < -0.39 is 0 Å². The van der Waals surface area contributed by atoms with Crippen LogP contribution in [0, 0.1) is 5.92 Å². The topological polar surface area (TPSA) is 42.2 Å². The van der Waals surface area contributed by atoms with E-state index >= 15 is 0 Å². The molecule has 2 aromatic rings. The van der Waals surface area contributed by atoms with E-state index in [9.17, 15) is 0 Å². The van der Waals surface area contributed by atoms with Crippen molar-refractivity contribution in [2.75, 3.05) is 7.05 Å². The first-order valence-electron chi connectivity index (χ1n) is 5.83. The average molecular weight is 216 g/mol. The minimum Gasteiger partial charge on any atom is -0.316 e. The van der Waals surface area contributed by atoms with Crippen LogP contribution < -0.4 is 5.32 Å². The Balaban J connectivity index is 1.81. The lowest BCUT2D eigenvalue weighted by Gasteiger charge is -2.14. The molecule has 0 aromatic carbocycles. The van der Waals surface area contributed by atoms with Crippen LogP contribution in [0.25, 0.3) is 5.65 Å². The van der Waals surface area contributed by atoms with E-state index in [0.717, 1.165) is 23.7 Å². The molecule has 16 heavy (non-hydrogen) atoms. The molecule has 2 aromatic heterocycles. The Morgan fingerprint density at radius 1 is 1.50 bits per heavy atom. The molecule has 3 rings (SSSR count). The van der Waals surface area contributed by atoms with Crippen LogP contribution in [0.5, 0.6) is 0 Å². The summed E-state index contributed by atoms with van der Waals surface area (Å²) in [6.45, 7) is 0. The average Bonchev–Trinajstić information content (AvgIpc) is 3.04. The van der Waals surface area contributed by atoms with Crippen molar-refractivity contribution in [1.82, 2.24) is 19.9 Å². The van der Waals surface area contributed by atoms with Crippen molar-refractivity contribution in [1.29, 1.82) is 0 Å². The van der Waals surface area contributed by atoms with Gasteiger partial charge in [-0.2, -0.15) is 5.10 Å². The third-order valence-electron chi connectivity index (χ3n) is 3.31. The molecular weight excluding hydrogens is 200 g/mol. The molecule has 4 heteroatoms. The number of rotatable bonds is 4. The number of hydrogen-bond donors (Lipinski definition) is 1. The van der Waals surface area contributed by atoms with Gasteiger partial charge in [0.05, 0.1) is 6.20 Å². The van der Waals surface area contributed by atoms with Gasteiger partial charge in [-0.05, 0) is 31.9 Å². The molecule has 1 unspecified atom stereocenters. The summed E-state index contributed by atoms with van der Waals surface area (Å²) in [4.78, 5) is 4.59. The summed E-state index contributed by atoms with van der Waals surface area (Å²) < 4.78 is 1.80. The van der Waals surface area contributed by atoms with Crippen molar-refractivity contribution in [2.45, 2.75) is 25.3 Å². The quantitative estimate of drug-likeness (QED) is 0.837. The molecule has 1 N–H and O–H groups in total. The molecule has 84 valence electrons. The molecule has 0 aliphatic heterocycles. The Morgan fingerprint density at radius 3 is 3.12 bits per heavy atom. The van der Waals surface area contributed by atoms with Crippen molar-refractivity contribution < 1.29 is 0 Å². The standard InChI is InChI=1S/C12H16N4/c1-13-11(9-2-3-9)8-10-5-7-16-12(15-10)4-6-14-16/h4-7,9,11,13H,2-3,8H2,1H3. The maximum Gasteiger partial charge on any atom is 0.155 e. The number of likely N-dealkylation sites (N-methyl/N-ethyl adjacent to an activating group) is 1. The van der Waals surface area contributed by atoms with E-state index in [0.29, 0.717) is 6.04 Å². The lowest BCUT2D eigenvalue weighted by molar-refractivity contribution is 0.495. The van der Waals surface area contributed by atoms with Gasteiger partial charge in [-0.3, -0.25) is 0 Å². The number of nitrogens with zero attached hydrogens (tertiary/aromatic N) is 3. The summed E-state index contributed by atoms with van der Waals surface area (Å²) in [5.41, 5.74) is 2.09. The van der Waals surface area contributed by atoms with Crippen molar-refractivity contribution in [3.05, 3.63) is 30.2 Å². The highest BCUT2D eigenvalue weighted by atomic mass is 15.2. The fourth-order valence-corrected chi connectivity index (χ4v) is 2.19. The Hall–Kier alpha value is -1.42. The Kier molecular flexibility index (Phi) is 2.36. The van der Waals surface area contributed by atoms with Crippen LogP contribution in [0.2, 0.25) is 0 Å². The Bertz CT molecular complexity index is 486. The van der Waals surface area contributed by atoms with E-state index in [1.54, 1.807) is 10.7 Å². The number of hydrogen-bond acceptors (Lipinski definition) is 3. The molecule has 2 heterocycles. The fraction of sp³-hybridized carbons (Fsp3) is 0.500. The largest absolute Gasteiger partial charge is 0.316 e. The summed E-state index contributed by atoms with van der Waals surface area (Å²) in [6.07, 6.45) is 7.50. The normalized spacial score (nSPS) is 17.8. The van der Waals surface area contributed by atoms with Gasteiger partial charge in [-0.1, -0.05) is 0 Å². The van der Waals surface area contributed by atoms with Crippen molar-refractivity contribution in [3.8, 4) is 0 Å². The van der Waals surface area contributed by atoms with Crippen LogP contribution in [0.4, 0.5) is 0 Å². The van der Waals surface area contributed by atoms with Crippen LogP contribution in [0.1, 0.15) is 18.5 Å². The fourth-order valence-electron chi connectivity index (χ4n) is 2.19. The second kappa shape index (κ2) is 3.87. The molecule has 1 fully saturated rings. The van der Waals surface area contributed by atoms with Crippen LogP contribution in [-0.4, -0.2) is 27.7 Å². The second-order valence-electron chi connectivity index (χ2n) is 4.49. The smallest absolute Gasteiger partial charge is 0.155 e. The lowest BCUT2D eigenvalue weighted by Crippen LogP contribution is -2.30. The number of fused-ring (bicyclic) bond motifs is 1. The molecule has 1 aliphatic carbocycles. The van der Waals surface area contributed by atoms with Gasteiger partial charge >= 0.3 is 0 Å². The first-order valence-corrected chi connectivity index (χ1v) is 5.83. The van der Waals surface area contributed by atoms with Crippen molar-refractivity contribution >= 4 is 5.65 Å². The van der Waals surface area contributed by atoms with Gasteiger partial charge in [0.1, 0.15) is 0 Å². The summed E-state index contributed by atoms with van der Waals surface area (Å²) in [7, 11) is 2.04. The first kappa shape index (κ1) is 9.78. The molecule has 1 saturated carbocycles. The van der Waals surface area contributed by atoms with Gasteiger partial charge in [0.2, 0.25) is 0 Å². The van der Waals surface area contributed by atoms with Gasteiger partial charge in [0.15, 0.2) is 5.65 Å². The van der Waals surface area contributed by atoms with Gasteiger partial charge in [0, 0.05) is 30.4 Å². The van der Waals surface area contributed by atoms with Crippen LogP contribution >= 0.6 is 0 Å². The second-order valence-corrected chi connectivity index (χ2v) is 4.49. The number of nitrogens with one attached hydrogen (secondary N) is 1. The monoisotopic (exact) mass is 216 g/mol. The minimum atomic E-state index is 0.581. The molecule has 1 atom stereocenters. The summed E-state index contributed by atoms with van der Waals surface area (Å²) in [6, 6.07) is 4.58. The molecular formula is C12H16N4. The molecule has 0 spiro atoms. The maximum absolute atomic E-state index is 4.59. The maximum atomic E-state index is 4.59. The predicted octanol–water partition coefficient (Wildman–Crippen LogP) is 1.27. The predicted molar refractivity (Wildman–Crippen MR) is 62.3 cm³/mol. The molecule has 0 bridgehead atoms.